The molecule has 1 N–H and O–H groups in total. The van der Waals surface area contributed by atoms with E-state index >= 15 is 0 Å². The molecule has 1 aliphatic carbocycles. The van der Waals surface area contributed by atoms with Gasteiger partial charge in [0.15, 0.2) is 0 Å². The van der Waals surface area contributed by atoms with Crippen LogP contribution in [0.4, 0.5) is 0 Å². The molecule has 2 aliphatic rings. The Morgan fingerprint density at radius 2 is 1.95 bits per heavy atom. The highest BCUT2D eigenvalue weighted by Crippen LogP contribution is 2.45. The quantitative estimate of drug-likeness (QED) is 0.866. The lowest BCUT2D eigenvalue weighted by atomic mass is 9.89. The van der Waals surface area contributed by atoms with Crippen LogP contribution in [0, 0.1) is 5.92 Å². The smallest absolute Gasteiger partial charge is 0.256 e. The van der Waals surface area contributed by atoms with Crippen molar-refractivity contribution in [2.75, 3.05) is 13.6 Å². The van der Waals surface area contributed by atoms with E-state index in [4.69, 9.17) is 0 Å². The summed E-state index contributed by atoms with van der Waals surface area (Å²) in [6, 6.07) is 10.2. The summed E-state index contributed by atoms with van der Waals surface area (Å²) in [4.78, 5) is 18.1. The fourth-order valence-corrected chi connectivity index (χ4v) is 4.18. The van der Waals surface area contributed by atoms with Crippen molar-refractivity contribution in [3.63, 3.8) is 0 Å². The lowest BCUT2D eigenvalue weighted by molar-refractivity contribution is 0.0761. The molecule has 1 atom stereocenters. The minimum Gasteiger partial charge on any atom is -0.352 e. The molecule has 22 heavy (non-hydrogen) atoms. The molecule has 2 heterocycles. The largest absolute Gasteiger partial charge is 0.352 e. The van der Waals surface area contributed by atoms with Crippen LogP contribution in [-0.4, -0.2) is 29.4 Å². The summed E-state index contributed by atoms with van der Waals surface area (Å²) in [6.07, 6.45) is 3.87. The fourth-order valence-electron chi connectivity index (χ4n) is 3.54. The highest BCUT2D eigenvalue weighted by atomic mass is 79.9. The van der Waals surface area contributed by atoms with Crippen molar-refractivity contribution in [2.45, 2.75) is 25.2 Å². The summed E-state index contributed by atoms with van der Waals surface area (Å²) < 4.78 is 0.924. The average molecular weight is 359 g/mol. The van der Waals surface area contributed by atoms with Gasteiger partial charge in [-0.1, -0.05) is 43.2 Å². The van der Waals surface area contributed by atoms with Gasteiger partial charge in [-0.3, -0.25) is 4.79 Å². The molecule has 1 aliphatic heterocycles. The Morgan fingerprint density at radius 1 is 1.23 bits per heavy atom. The molecule has 1 fully saturated rings. The predicted molar refractivity (Wildman–Crippen MR) is 91.0 cm³/mol. The second-order valence-corrected chi connectivity index (χ2v) is 7.32. The van der Waals surface area contributed by atoms with Crippen LogP contribution in [0.1, 0.15) is 41.2 Å². The first-order chi connectivity index (χ1) is 10.6. The molecular formula is C18H19BrN2O. The number of likely N-dealkylation sites (N-methyl/N-ethyl adjacent to an activating group) is 1. The molecule has 114 valence electrons. The third-order valence-corrected chi connectivity index (χ3v) is 5.42. The monoisotopic (exact) mass is 358 g/mol. The van der Waals surface area contributed by atoms with E-state index in [9.17, 15) is 4.79 Å². The summed E-state index contributed by atoms with van der Waals surface area (Å²) in [5.41, 5.74) is 4.08. The van der Waals surface area contributed by atoms with Gasteiger partial charge in [0.25, 0.3) is 5.91 Å². The number of nitrogens with one attached hydrogen (secondary N) is 1. The predicted octanol–water partition coefficient (Wildman–Crippen LogP) is 4.41. The summed E-state index contributed by atoms with van der Waals surface area (Å²) in [5, 5.41) is 0. The van der Waals surface area contributed by atoms with Gasteiger partial charge in [0.1, 0.15) is 0 Å². The van der Waals surface area contributed by atoms with Gasteiger partial charge in [0.05, 0.1) is 10.2 Å². The molecule has 0 bridgehead atoms. The van der Waals surface area contributed by atoms with Crippen molar-refractivity contribution in [3.8, 4) is 11.1 Å². The van der Waals surface area contributed by atoms with Gasteiger partial charge in [-0.05, 0) is 33.8 Å². The SMILES string of the molecule is CN1CC(CC2CC2)c2[nH]c(Br)c(-c3ccccc3)c2C1=O. The second kappa shape index (κ2) is 5.27. The maximum absolute atomic E-state index is 12.8. The van der Waals surface area contributed by atoms with Crippen molar-refractivity contribution in [2.24, 2.45) is 5.92 Å². The Balaban J connectivity index is 1.84. The zero-order chi connectivity index (χ0) is 15.3. The molecule has 1 unspecified atom stereocenters. The first-order valence-corrected chi connectivity index (χ1v) is 8.66. The third-order valence-electron chi connectivity index (χ3n) is 4.82. The van der Waals surface area contributed by atoms with Gasteiger partial charge in [-0.25, -0.2) is 0 Å². The van der Waals surface area contributed by atoms with Crippen LogP contribution in [-0.2, 0) is 0 Å². The van der Waals surface area contributed by atoms with Crippen molar-refractivity contribution < 1.29 is 4.79 Å². The molecule has 1 aromatic carbocycles. The lowest BCUT2D eigenvalue weighted by Gasteiger charge is -2.30. The highest BCUT2D eigenvalue weighted by Gasteiger charge is 2.37. The minimum absolute atomic E-state index is 0.128. The van der Waals surface area contributed by atoms with Crippen molar-refractivity contribution >= 4 is 21.8 Å². The van der Waals surface area contributed by atoms with Gasteiger partial charge in [0, 0.05) is 30.8 Å². The molecule has 0 spiro atoms. The van der Waals surface area contributed by atoms with Crippen molar-refractivity contribution in [1.29, 1.82) is 0 Å². The van der Waals surface area contributed by atoms with Crippen LogP contribution >= 0.6 is 15.9 Å². The standard InChI is InChI=1S/C18H19BrN2O/c1-21-10-13(9-11-7-8-11)16-15(18(21)22)14(17(19)20-16)12-5-3-2-4-6-12/h2-6,11,13,20H,7-10H2,1H3. The van der Waals surface area contributed by atoms with Gasteiger partial charge in [-0.15, -0.1) is 0 Å². The van der Waals surface area contributed by atoms with E-state index in [2.05, 4.69) is 33.0 Å². The van der Waals surface area contributed by atoms with Crippen LogP contribution in [0.3, 0.4) is 0 Å². The van der Waals surface area contributed by atoms with E-state index < -0.39 is 0 Å². The van der Waals surface area contributed by atoms with Crippen molar-refractivity contribution in [1.82, 2.24) is 9.88 Å². The normalized spacial score (nSPS) is 21.1. The number of hydrogen-bond donors (Lipinski definition) is 1. The maximum atomic E-state index is 12.8. The van der Waals surface area contributed by atoms with E-state index in [0.29, 0.717) is 5.92 Å². The molecule has 2 aromatic rings. The Morgan fingerprint density at radius 3 is 2.64 bits per heavy atom. The molecule has 0 radical (unpaired) electrons. The highest BCUT2D eigenvalue weighted by molar-refractivity contribution is 9.10. The summed E-state index contributed by atoms with van der Waals surface area (Å²) in [6.45, 7) is 0.823. The number of carbonyl (C=O) groups is 1. The molecule has 4 rings (SSSR count). The maximum Gasteiger partial charge on any atom is 0.256 e. The molecule has 1 saturated carbocycles. The zero-order valence-electron chi connectivity index (χ0n) is 12.6. The number of fused-ring (bicyclic) bond motifs is 1. The van der Waals surface area contributed by atoms with Gasteiger partial charge in [0.2, 0.25) is 0 Å². The number of rotatable bonds is 3. The topological polar surface area (TPSA) is 36.1 Å². The zero-order valence-corrected chi connectivity index (χ0v) is 14.2. The summed E-state index contributed by atoms with van der Waals surface area (Å²) in [7, 11) is 1.92. The number of aromatic nitrogens is 1. The van der Waals surface area contributed by atoms with Crippen molar-refractivity contribution in [3.05, 3.63) is 46.2 Å². The second-order valence-electron chi connectivity index (χ2n) is 6.53. The van der Waals surface area contributed by atoms with Crippen LogP contribution in [0.5, 0.6) is 0 Å². The van der Waals surface area contributed by atoms with Crippen LogP contribution < -0.4 is 0 Å². The third kappa shape index (κ3) is 2.30. The Bertz CT molecular complexity index is 718. The molecule has 4 heteroatoms. The molecule has 3 nitrogen and oxygen atoms in total. The number of benzene rings is 1. The van der Waals surface area contributed by atoms with Crippen LogP contribution in [0.25, 0.3) is 11.1 Å². The Kier molecular flexibility index (Phi) is 3.37. The van der Waals surface area contributed by atoms with Gasteiger partial charge < -0.3 is 9.88 Å². The number of H-pyrrole nitrogens is 1. The number of hydrogen-bond acceptors (Lipinski definition) is 1. The average Bonchev–Trinajstić information content (AvgIpc) is 3.26. The van der Waals surface area contributed by atoms with E-state index in [1.807, 2.05) is 30.1 Å². The number of carbonyl (C=O) groups excluding carboxylic acids is 1. The van der Waals surface area contributed by atoms with Crippen LogP contribution in [0.2, 0.25) is 0 Å². The Labute approximate surface area is 138 Å². The summed E-state index contributed by atoms with van der Waals surface area (Å²) in [5.74, 6) is 1.41. The molecule has 0 saturated heterocycles. The van der Waals surface area contributed by atoms with E-state index in [-0.39, 0.29) is 5.91 Å². The summed E-state index contributed by atoms with van der Waals surface area (Å²) >= 11 is 3.64. The van der Waals surface area contributed by atoms with E-state index in [1.165, 1.54) is 19.3 Å². The number of halogens is 1. The van der Waals surface area contributed by atoms with Gasteiger partial charge in [-0.2, -0.15) is 0 Å². The molecular weight excluding hydrogens is 340 g/mol. The first kappa shape index (κ1) is 14.1. The van der Waals surface area contributed by atoms with E-state index in [0.717, 1.165) is 39.5 Å². The number of aromatic amines is 1. The Hall–Kier alpha value is -1.55. The lowest BCUT2D eigenvalue weighted by Crippen LogP contribution is -2.37. The van der Waals surface area contributed by atoms with E-state index in [1.54, 1.807) is 0 Å². The number of nitrogens with zero attached hydrogens (tertiary/aromatic N) is 1. The van der Waals surface area contributed by atoms with Crippen LogP contribution in [0.15, 0.2) is 34.9 Å². The minimum atomic E-state index is 0.128. The fraction of sp³-hybridized carbons (Fsp3) is 0.389. The first-order valence-electron chi connectivity index (χ1n) is 7.87. The number of amides is 1. The molecule has 1 aromatic heterocycles. The van der Waals surface area contributed by atoms with Gasteiger partial charge >= 0.3 is 0 Å². The molecule has 1 amide bonds.